The normalized spacial score (nSPS) is 10.9. The molecular weight excluding hydrogens is 321 g/mol. The minimum atomic E-state index is 0.690. The molecular formula is C15H10IN. The summed E-state index contributed by atoms with van der Waals surface area (Å²) < 4.78 is 1.13. The molecule has 0 radical (unpaired) electrons. The first-order valence-electron chi connectivity index (χ1n) is 5.22. The van der Waals surface area contributed by atoms with Crippen molar-refractivity contribution >= 4 is 34.2 Å². The first-order valence-corrected chi connectivity index (χ1v) is 6.30. The van der Waals surface area contributed by atoms with Crippen LogP contribution in [0.1, 0.15) is 11.1 Å². The molecule has 0 heterocycles. The summed E-state index contributed by atoms with van der Waals surface area (Å²) in [5.74, 6) is 0. The van der Waals surface area contributed by atoms with Crippen LogP contribution in [0.4, 0.5) is 0 Å². The quantitative estimate of drug-likeness (QED) is 0.456. The van der Waals surface area contributed by atoms with Gasteiger partial charge in [-0.25, -0.2) is 0 Å². The summed E-state index contributed by atoms with van der Waals surface area (Å²) in [5, 5.41) is 9.21. The lowest BCUT2D eigenvalue weighted by molar-refractivity contribution is 1.51. The van der Waals surface area contributed by atoms with E-state index in [1.54, 1.807) is 0 Å². The number of hydrogen-bond donors (Lipinski definition) is 0. The lowest BCUT2D eigenvalue weighted by atomic mass is 10.0. The Kier molecular flexibility index (Phi) is 3.94. The Hall–Kier alpha value is -1.60. The van der Waals surface area contributed by atoms with Gasteiger partial charge in [0.2, 0.25) is 0 Å². The van der Waals surface area contributed by atoms with E-state index in [4.69, 9.17) is 0 Å². The molecule has 0 fully saturated rings. The molecule has 0 saturated carbocycles. The van der Waals surface area contributed by atoms with Crippen molar-refractivity contribution in [3.63, 3.8) is 0 Å². The molecule has 0 bridgehead atoms. The molecule has 0 aliphatic rings. The summed E-state index contributed by atoms with van der Waals surface area (Å²) >= 11 is 2.25. The Morgan fingerprint density at radius 1 is 1.06 bits per heavy atom. The Morgan fingerprint density at radius 3 is 2.47 bits per heavy atom. The minimum Gasteiger partial charge on any atom is -0.192 e. The van der Waals surface area contributed by atoms with Gasteiger partial charge in [-0.15, -0.1) is 0 Å². The average molecular weight is 331 g/mol. The van der Waals surface area contributed by atoms with E-state index in [0.717, 1.165) is 14.7 Å². The SMILES string of the molecule is N#CC(=Cc1ccccc1)c1cccc(I)c1. The number of allylic oxidation sites excluding steroid dienone is 1. The van der Waals surface area contributed by atoms with E-state index in [1.807, 2.05) is 60.7 Å². The van der Waals surface area contributed by atoms with Gasteiger partial charge in [-0.3, -0.25) is 0 Å². The summed E-state index contributed by atoms with van der Waals surface area (Å²) in [6, 6.07) is 20.1. The summed E-state index contributed by atoms with van der Waals surface area (Å²) in [6.07, 6.45) is 1.91. The van der Waals surface area contributed by atoms with Crippen molar-refractivity contribution in [3.05, 3.63) is 69.3 Å². The fourth-order valence-electron chi connectivity index (χ4n) is 1.55. The van der Waals surface area contributed by atoms with Crippen molar-refractivity contribution in [2.45, 2.75) is 0 Å². The lowest BCUT2D eigenvalue weighted by Gasteiger charge is -2.00. The molecule has 0 aliphatic heterocycles. The van der Waals surface area contributed by atoms with Crippen LogP contribution in [-0.4, -0.2) is 0 Å². The molecule has 2 aromatic rings. The van der Waals surface area contributed by atoms with Crippen molar-refractivity contribution < 1.29 is 0 Å². The van der Waals surface area contributed by atoms with Gasteiger partial charge in [-0.2, -0.15) is 5.26 Å². The zero-order chi connectivity index (χ0) is 12.1. The van der Waals surface area contributed by atoms with Crippen LogP contribution in [0.2, 0.25) is 0 Å². The summed E-state index contributed by atoms with van der Waals surface area (Å²) in [5.41, 5.74) is 2.70. The standard InChI is InChI=1S/C15H10IN/c16-15-8-4-7-13(10-15)14(11-17)9-12-5-2-1-3-6-12/h1-10H. The molecule has 1 nitrogen and oxygen atoms in total. The van der Waals surface area contributed by atoms with Crippen molar-refractivity contribution in [1.29, 1.82) is 5.26 Å². The highest BCUT2D eigenvalue weighted by atomic mass is 127. The van der Waals surface area contributed by atoms with Gasteiger partial charge in [0.1, 0.15) is 0 Å². The number of benzene rings is 2. The number of nitriles is 1. The Morgan fingerprint density at radius 2 is 1.82 bits per heavy atom. The topological polar surface area (TPSA) is 23.8 Å². The average Bonchev–Trinajstić information content (AvgIpc) is 2.37. The van der Waals surface area contributed by atoms with Crippen LogP contribution in [0.3, 0.4) is 0 Å². The van der Waals surface area contributed by atoms with Crippen LogP contribution in [0.25, 0.3) is 11.6 Å². The van der Waals surface area contributed by atoms with Gasteiger partial charge < -0.3 is 0 Å². The van der Waals surface area contributed by atoms with Gasteiger partial charge in [0.15, 0.2) is 0 Å². The molecule has 2 heteroatoms. The van der Waals surface area contributed by atoms with Gasteiger partial charge in [-0.05, 0) is 51.9 Å². The first kappa shape index (κ1) is 11.9. The monoisotopic (exact) mass is 331 g/mol. The van der Waals surface area contributed by atoms with Gasteiger partial charge >= 0.3 is 0 Å². The van der Waals surface area contributed by atoms with Crippen molar-refractivity contribution in [2.75, 3.05) is 0 Å². The van der Waals surface area contributed by atoms with E-state index in [0.29, 0.717) is 5.57 Å². The predicted molar refractivity (Wildman–Crippen MR) is 79.1 cm³/mol. The second-order valence-electron chi connectivity index (χ2n) is 3.59. The second kappa shape index (κ2) is 5.65. The van der Waals surface area contributed by atoms with Crippen LogP contribution >= 0.6 is 22.6 Å². The third kappa shape index (κ3) is 3.18. The largest absolute Gasteiger partial charge is 0.192 e. The first-order chi connectivity index (χ1) is 8.29. The zero-order valence-electron chi connectivity index (χ0n) is 9.10. The van der Waals surface area contributed by atoms with Gasteiger partial charge in [0.25, 0.3) is 0 Å². The van der Waals surface area contributed by atoms with Crippen molar-refractivity contribution in [2.24, 2.45) is 0 Å². The second-order valence-corrected chi connectivity index (χ2v) is 4.84. The van der Waals surface area contributed by atoms with E-state index in [9.17, 15) is 5.26 Å². The molecule has 0 atom stereocenters. The predicted octanol–water partition coefficient (Wildman–Crippen LogP) is 4.36. The van der Waals surface area contributed by atoms with Gasteiger partial charge in [0.05, 0.1) is 11.6 Å². The lowest BCUT2D eigenvalue weighted by Crippen LogP contribution is -1.83. The Bertz CT molecular complexity index is 579. The number of nitrogens with zero attached hydrogens (tertiary/aromatic N) is 1. The van der Waals surface area contributed by atoms with E-state index in [1.165, 1.54) is 0 Å². The van der Waals surface area contributed by atoms with Crippen LogP contribution in [-0.2, 0) is 0 Å². The number of halogens is 1. The van der Waals surface area contributed by atoms with Crippen molar-refractivity contribution in [1.82, 2.24) is 0 Å². The Labute approximate surface area is 115 Å². The number of rotatable bonds is 2. The maximum absolute atomic E-state index is 9.21. The molecule has 17 heavy (non-hydrogen) atoms. The maximum Gasteiger partial charge on any atom is 0.0998 e. The third-order valence-corrected chi connectivity index (χ3v) is 3.04. The summed E-state index contributed by atoms with van der Waals surface area (Å²) in [4.78, 5) is 0. The molecule has 0 saturated heterocycles. The number of hydrogen-bond acceptors (Lipinski definition) is 1. The van der Waals surface area contributed by atoms with Crippen LogP contribution in [0, 0.1) is 14.9 Å². The fraction of sp³-hybridized carbons (Fsp3) is 0. The summed E-state index contributed by atoms with van der Waals surface area (Å²) in [6.45, 7) is 0. The third-order valence-electron chi connectivity index (χ3n) is 2.37. The molecule has 0 aromatic heterocycles. The van der Waals surface area contributed by atoms with Gasteiger partial charge in [0, 0.05) is 3.57 Å². The molecule has 2 rings (SSSR count). The maximum atomic E-state index is 9.21. The van der Waals surface area contributed by atoms with Crippen LogP contribution in [0.5, 0.6) is 0 Å². The molecule has 82 valence electrons. The highest BCUT2D eigenvalue weighted by Gasteiger charge is 2.01. The highest BCUT2D eigenvalue weighted by Crippen LogP contribution is 2.19. The highest BCUT2D eigenvalue weighted by molar-refractivity contribution is 14.1. The molecule has 0 spiro atoms. The van der Waals surface area contributed by atoms with E-state index >= 15 is 0 Å². The fourth-order valence-corrected chi connectivity index (χ4v) is 2.10. The molecule has 0 N–H and O–H groups in total. The molecule has 2 aromatic carbocycles. The van der Waals surface area contributed by atoms with E-state index < -0.39 is 0 Å². The smallest absolute Gasteiger partial charge is 0.0998 e. The van der Waals surface area contributed by atoms with Crippen molar-refractivity contribution in [3.8, 4) is 6.07 Å². The Balaban J connectivity index is 2.42. The van der Waals surface area contributed by atoms with Gasteiger partial charge in [-0.1, -0.05) is 42.5 Å². The van der Waals surface area contributed by atoms with E-state index in [2.05, 4.69) is 28.7 Å². The van der Waals surface area contributed by atoms with Crippen LogP contribution < -0.4 is 0 Å². The molecule has 0 amide bonds. The van der Waals surface area contributed by atoms with Crippen LogP contribution in [0.15, 0.2) is 54.6 Å². The minimum absolute atomic E-state index is 0.690. The molecule has 0 aliphatic carbocycles. The summed E-state index contributed by atoms with van der Waals surface area (Å²) in [7, 11) is 0. The zero-order valence-corrected chi connectivity index (χ0v) is 11.3. The molecule has 0 unspecified atom stereocenters. The van der Waals surface area contributed by atoms with E-state index in [-0.39, 0.29) is 0 Å².